The lowest BCUT2D eigenvalue weighted by Crippen LogP contribution is -2.70. The van der Waals surface area contributed by atoms with Gasteiger partial charge >= 0.3 is 23.9 Å². The van der Waals surface area contributed by atoms with E-state index in [4.69, 9.17) is 18.9 Å². The third kappa shape index (κ3) is 10.5. The van der Waals surface area contributed by atoms with Crippen LogP contribution < -0.4 is 0 Å². The zero-order chi connectivity index (χ0) is 53.6. The van der Waals surface area contributed by atoms with Gasteiger partial charge in [0.05, 0.1) is 57.0 Å². The Labute approximate surface area is 417 Å². The van der Waals surface area contributed by atoms with E-state index in [0.29, 0.717) is 6.42 Å². The number of methoxy groups -OCH3 is 2. The summed E-state index contributed by atoms with van der Waals surface area (Å²) >= 11 is 0. The van der Waals surface area contributed by atoms with Gasteiger partial charge in [-0.15, -0.1) is 0 Å². The number of fused-ring (bicyclic) bond motifs is 5. The summed E-state index contributed by atoms with van der Waals surface area (Å²) in [5, 5.41) is 69.6. The average Bonchev–Trinajstić information content (AvgIpc) is 3.53. The third-order valence-electron chi connectivity index (χ3n) is 17.9. The van der Waals surface area contributed by atoms with Gasteiger partial charge in [0, 0.05) is 60.6 Å². The Morgan fingerprint density at radius 1 is 0.915 bits per heavy atom. The molecule has 2 unspecified atom stereocenters. The van der Waals surface area contributed by atoms with Gasteiger partial charge in [0.1, 0.15) is 23.6 Å². The molecule has 6 N–H and O–H groups in total. The maximum absolute atomic E-state index is 17.9. The standard InChI is InChI=1S/C52H82F2N2O15/c1-13-39-50(10,67)44(63)32(6)56(26-28(2)24-49(9,66)43(62)30(4)42(61)31(5)45(64)70-39)19-14-18-55(27-41(60)68-11)20-16-40(59)71-52(46(65)69-12)29(3)21-34-35-23-37(53)36-22-33(57)15-17-47(36,7)51(35,54)38(58)25-48(34,52)8/h15,17,28-32,34-35,38-39,42-44,58,61-63,66-67H,13-14,16,18-27H2,1-12H3/t28-,29-,30+,31-,32-,34?,35?,38+,39-,42+,43-,44-,47+,48+,49-,50-,51+,52+/m1/s1. The molecule has 2 saturated carbocycles. The van der Waals surface area contributed by atoms with Gasteiger partial charge in [0.25, 0.3) is 0 Å². The highest BCUT2D eigenvalue weighted by Gasteiger charge is 2.78. The second-order valence-electron chi connectivity index (χ2n) is 22.7. The molecule has 404 valence electrons. The molecule has 1 aliphatic heterocycles. The molecule has 0 bridgehead atoms. The second-order valence-corrected chi connectivity index (χ2v) is 22.7. The number of allylic oxidation sites excluding steroid dienone is 4. The van der Waals surface area contributed by atoms with Crippen LogP contribution in [0.25, 0.3) is 0 Å². The molecule has 1 saturated heterocycles. The lowest BCUT2D eigenvalue weighted by atomic mass is 9.45. The zero-order valence-corrected chi connectivity index (χ0v) is 43.8. The Bertz CT molecular complexity index is 2050. The minimum absolute atomic E-state index is 0.00504. The first kappa shape index (κ1) is 58.5. The number of alkyl halides is 1. The molecular formula is C52H82F2N2O15. The van der Waals surface area contributed by atoms with Crippen LogP contribution in [0, 0.1) is 46.3 Å². The van der Waals surface area contributed by atoms with Crippen molar-refractivity contribution in [2.45, 2.75) is 180 Å². The Morgan fingerprint density at radius 3 is 2.17 bits per heavy atom. The molecule has 5 aliphatic rings. The second kappa shape index (κ2) is 21.8. The average molecular weight is 1010 g/mol. The van der Waals surface area contributed by atoms with Gasteiger partial charge in [-0.05, 0) is 103 Å². The van der Waals surface area contributed by atoms with E-state index in [0.717, 1.165) is 7.11 Å². The predicted octanol–water partition coefficient (Wildman–Crippen LogP) is 3.52. The molecule has 5 rings (SSSR count). The number of rotatable bonds is 12. The molecule has 3 fully saturated rings. The molecule has 0 aromatic rings. The minimum atomic E-state index is -2.42. The fraction of sp³-hybridized carbons (Fsp3) is 0.827. The van der Waals surface area contributed by atoms with E-state index in [1.54, 1.807) is 32.6 Å². The molecular weight excluding hydrogens is 931 g/mol. The van der Waals surface area contributed by atoms with Crippen molar-refractivity contribution in [2.75, 3.05) is 46.9 Å². The topological polar surface area (TPSA) is 250 Å². The zero-order valence-electron chi connectivity index (χ0n) is 43.8. The molecule has 0 spiro atoms. The van der Waals surface area contributed by atoms with Gasteiger partial charge < -0.3 is 49.6 Å². The lowest BCUT2D eigenvalue weighted by Gasteiger charge is -2.62. The molecule has 1 heterocycles. The number of halogens is 2. The summed E-state index contributed by atoms with van der Waals surface area (Å²) < 4.78 is 56.3. The maximum Gasteiger partial charge on any atom is 0.351 e. The van der Waals surface area contributed by atoms with E-state index < -0.39 is 136 Å². The van der Waals surface area contributed by atoms with E-state index in [9.17, 15) is 54.6 Å². The Hall–Kier alpha value is -3.43. The number of nitrogens with zero attached hydrogens (tertiary/aromatic N) is 2. The van der Waals surface area contributed by atoms with Crippen molar-refractivity contribution in [3.05, 3.63) is 23.6 Å². The third-order valence-corrected chi connectivity index (χ3v) is 17.9. The van der Waals surface area contributed by atoms with Crippen molar-refractivity contribution in [1.82, 2.24) is 9.80 Å². The van der Waals surface area contributed by atoms with Crippen LogP contribution >= 0.6 is 0 Å². The Kier molecular flexibility index (Phi) is 18.0. The van der Waals surface area contributed by atoms with Crippen LogP contribution in [0.2, 0.25) is 0 Å². The first-order chi connectivity index (χ1) is 32.9. The number of ether oxygens (including phenoxy) is 4. The lowest BCUT2D eigenvalue weighted by molar-refractivity contribution is -0.234. The van der Waals surface area contributed by atoms with Crippen LogP contribution in [-0.2, 0) is 42.9 Å². The predicted molar refractivity (Wildman–Crippen MR) is 254 cm³/mol. The molecule has 17 nitrogen and oxygen atoms in total. The summed E-state index contributed by atoms with van der Waals surface area (Å²) in [5.41, 5.74) is -11.2. The number of cyclic esters (lactones) is 1. The highest BCUT2D eigenvalue weighted by molar-refractivity contribution is 5.94. The number of carbonyl (C=O) groups excluding carboxylic acids is 5. The largest absolute Gasteiger partial charge is 0.468 e. The first-order valence-electron chi connectivity index (χ1n) is 25.4. The van der Waals surface area contributed by atoms with E-state index in [-0.39, 0.29) is 88.5 Å². The van der Waals surface area contributed by atoms with Gasteiger partial charge in [-0.3, -0.25) is 29.0 Å². The smallest absolute Gasteiger partial charge is 0.351 e. The van der Waals surface area contributed by atoms with Crippen LogP contribution in [0.15, 0.2) is 23.6 Å². The van der Waals surface area contributed by atoms with Crippen molar-refractivity contribution in [3.8, 4) is 0 Å². The summed E-state index contributed by atoms with van der Waals surface area (Å²) in [6, 6.07) is -0.797. The van der Waals surface area contributed by atoms with E-state index >= 15 is 8.78 Å². The summed E-state index contributed by atoms with van der Waals surface area (Å²) in [6.45, 7) is 16.1. The molecule has 4 aliphatic carbocycles. The van der Waals surface area contributed by atoms with Crippen molar-refractivity contribution < 1.29 is 82.3 Å². The fourth-order valence-electron chi connectivity index (χ4n) is 13.7. The SMILES string of the molecule is CC[C@H]1OC(=O)[C@H](C)[C@@H](O)[C@H](C)[C@@H](O)[C@](C)(O)C[C@@H](C)CN(CCCN(CCC(=O)O[C@]2(C(=O)OC)[C@H](C)CC3C4CC(F)=C5CC(=O)C=C[C@]5(C)[C@@]4(F)[C@@H](O)C[C@@]32C)CC(=O)OC)[C@H](C)[C@@H](O)[C@]1(C)O. The van der Waals surface area contributed by atoms with Crippen molar-refractivity contribution in [2.24, 2.45) is 46.3 Å². The molecule has 19 heteroatoms. The molecule has 71 heavy (non-hydrogen) atoms. The van der Waals surface area contributed by atoms with Crippen LogP contribution in [0.4, 0.5) is 8.78 Å². The maximum atomic E-state index is 17.9. The summed E-state index contributed by atoms with van der Waals surface area (Å²) in [7, 11) is 2.35. The van der Waals surface area contributed by atoms with Gasteiger partial charge in [-0.1, -0.05) is 40.7 Å². The van der Waals surface area contributed by atoms with Crippen LogP contribution in [0.1, 0.15) is 121 Å². The normalized spacial score (nSPS) is 43.6. The van der Waals surface area contributed by atoms with Gasteiger partial charge in [-0.25, -0.2) is 13.6 Å². The minimum Gasteiger partial charge on any atom is -0.468 e. The van der Waals surface area contributed by atoms with Crippen LogP contribution in [0.3, 0.4) is 0 Å². The number of ketones is 1. The number of esters is 4. The number of hydrogen-bond donors (Lipinski definition) is 6. The fourth-order valence-corrected chi connectivity index (χ4v) is 13.7. The Balaban J connectivity index is 1.37. The van der Waals surface area contributed by atoms with Gasteiger partial charge in [0.2, 0.25) is 5.60 Å². The summed E-state index contributed by atoms with van der Waals surface area (Å²) in [4.78, 5) is 70.3. The van der Waals surface area contributed by atoms with Gasteiger partial charge in [0.15, 0.2) is 11.5 Å². The van der Waals surface area contributed by atoms with E-state index in [1.165, 1.54) is 53.9 Å². The number of aliphatic hydroxyl groups is 6. The van der Waals surface area contributed by atoms with Crippen LogP contribution in [-0.4, -0.2) is 176 Å². The summed E-state index contributed by atoms with van der Waals surface area (Å²) in [5.74, 6) is -9.41. The summed E-state index contributed by atoms with van der Waals surface area (Å²) in [6.07, 6.45) is -5.61. The highest BCUT2D eigenvalue weighted by Crippen LogP contribution is 2.72. The van der Waals surface area contributed by atoms with Crippen molar-refractivity contribution in [3.63, 3.8) is 0 Å². The highest BCUT2D eigenvalue weighted by atomic mass is 19.1. The van der Waals surface area contributed by atoms with E-state index in [2.05, 4.69) is 0 Å². The van der Waals surface area contributed by atoms with Gasteiger partial charge in [-0.2, -0.15) is 0 Å². The molecule has 0 amide bonds. The van der Waals surface area contributed by atoms with E-state index in [1.807, 2.05) is 11.8 Å². The van der Waals surface area contributed by atoms with Crippen LogP contribution in [0.5, 0.6) is 0 Å². The number of aliphatic hydroxyl groups excluding tert-OH is 4. The van der Waals surface area contributed by atoms with Crippen molar-refractivity contribution in [1.29, 1.82) is 0 Å². The molecule has 0 aromatic carbocycles. The number of hydrogen-bond acceptors (Lipinski definition) is 17. The quantitative estimate of drug-likeness (QED) is 0.121. The molecule has 18 atom stereocenters. The number of carbonyl (C=O) groups is 5. The Morgan fingerprint density at radius 2 is 1.56 bits per heavy atom. The molecule has 0 aromatic heterocycles. The monoisotopic (exact) mass is 1010 g/mol. The first-order valence-corrected chi connectivity index (χ1v) is 25.4. The molecule has 0 radical (unpaired) electrons. The van der Waals surface area contributed by atoms with Crippen molar-refractivity contribution >= 4 is 29.7 Å².